The quantitative estimate of drug-likeness (QED) is 0.299. The van der Waals surface area contributed by atoms with Gasteiger partial charge in [0, 0.05) is 32.9 Å². The van der Waals surface area contributed by atoms with Crippen molar-refractivity contribution in [2.24, 2.45) is 0 Å². The van der Waals surface area contributed by atoms with Gasteiger partial charge in [-0.1, -0.05) is 50.0 Å². The molecule has 0 amide bonds. The van der Waals surface area contributed by atoms with Crippen LogP contribution in [0.15, 0.2) is 61.1 Å². The van der Waals surface area contributed by atoms with Crippen LogP contribution in [0.4, 0.5) is 4.39 Å². The van der Waals surface area contributed by atoms with Gasteiger partial charge in [0.05, 0.1) is 18.2 Å². The van der Waals surface area contributed by atoms with Gasteiger partial charge in [-0.25, -0.2) is 9.37 Å². The molecule has 0 unspecified atom stereocenters. The van der Waals surface area contributed by atoms with Gasteiger partial charge in [0.15, 0.2) is 0 Å². The molecule has 2 aromatic carbocycles. The highest BCUT2D eigenvalue weighted by molar-refractivity contribution is 6.76. The SMILES string of the molecule is C[Si](C)(C)CCOCn1cncc1COc1cc(F)cc(OCc2ccccc2)c1. The number of nitrogens with zero attached hydrogens (tertiary/aromatic N) is 2. The highest BCUT2D eigenvalue weighted by Crippen LogP contribution is 2.24. The summed E-state index contributed by atoms with van der Waals surface area (Å²) >= 11 is 0. The van der Waals surface area contributed by atoms with Gasteiger partial charge in [-0.05, 0) is 11.6 Å². The Kier molecular flexibility index (Phi) is 7.65. The predicted octanol–water partition coefficient (Wildman–Crippen LogP) is 5.49. The predicted molar refractivity (Wildman–Crippen MR) is 118 cm³/mol. The highest BCUT2D eigenvalue weighted by atomic mass is 28.3. The zero-order chi connectivity index (χ0) is 21.4. The minimum absolute atomic E-state index is 0.263. The van der Waals surface area contributed by atoms with Crippen LogP contribution in [-0.4, -0.2) is 24.2 Å². The lowest BCUT2D eigenvalue weighted by Gasteiger charge is -2.16. The highest BCUT2D eigenvalue weighted by Gasteiger charge is 2.12. The Labute approximate surface area is 178 Å². The molecule has 30 heavy (non-hydrogen) atoms. The second-order valence-corrected chi connectivity index (χ2v) is 14.0. The number of hydrogen-bond acceptors (Lipinski definition) is 4. The molecular formula is C23H29FN2O3Si. The number of halogens is 1. The summed E-state index contributed by atoms with van der Waals surface area (Å²) < 4.78 is 33.2. The van der Waals surface area contributed by atoms with E-state index in [1.165, 1.54) is 12.1 Å². The molecule has 0 radical (unpaired) electrons. The largest absolute Gasteiger partial charge is 0.489 e. The first-order valence-corrected chi connectivity index (χ1v) is 13.8. The molecule has 0 aliphatic heterocycles. The van der Waals surface area contributed by atoms with Gasteiger partial charge in [-0.2, -0.15) is 0 Å². The summed E-state index contributed by atoms with van der Waals surface area (Å²) in [6.45, 7) is 8.76. The Balaban J connectivity index is 1.53. The third kappa shape index (κ3) is 7.31. The lowest BCUT2D eigenvalue weighted by Crippen LogP contribution is -2.22. The average Bonchev–Trinajstić information content (AvgIpc) is 3.15. The standard InChI is InChI=1S/C23H29FN2O3Si/c1-30(2,3)10-9-27-18-26-17-25-14-21(26)16-29-23-12-20(24)11-22(13-23)28-15-19-7-5-4-6-8-19/h4-8,11-14,17H,9-10,15-16,18H2,1-3H3. The fourth-order valence-electron chi connectivity index (χ4n) is 2.73. The van der Waals surface area contributed by atoms with Gasteiger partial charge in [-0.15, -0.1) is 0 Å². The Hall–Kier alpha value is -2.64. The summed E-state index contributed by atoms with van der Waals surface area (Å²) in [6.07, 6.45) is 3.45. The molecule has 0 N–H and O–H groups in total. The van der Waals surface area contributed by atoms with Crippen molar-refractivity contribution in [3.05, 3.63) is 78.1 Å². The van der Waals surface area contributed by atoms with Crippen molar-refractivity contribution in [1.82, 2.24) is 9.55 Å². The molecule has 0 fully saturated rings. The Morgan fingerprint density at radius 3 is 2.37 bits per heavy atom. The molecular weight excluding hydrogens is 399 g/mol. The lowest BCUT2D eigenvalue weighted by atomic mass is 10.2. The maximum absolute atomic E-state index is 14.0. The van der Waals surface area contributed by atoms with E-state index in [0.717, 1.165) is 23.9 Å². The summed E-state index contributed by atoms with van der Waals surface area (Å²) in [5.41, 5.74) is 1.88. The number of benzene rings is 2. The fraction of sp³-hybridized carbons (Fsp3) is 0.348. The first-order valence-electron chi connectivity index (χ1n) is 10.1. The second-order valence-electron chi connectivity index (χ2n) is 8.39. The van der Waals surface area contributed by atoms with E-state index >= 15 is 0 Å². The smallest absolute Gasteiger partial charge is 0.130 e. The van der Waals surface area contributed by atoms with E-state index in [1.54, 1.807) is 18.6 Å². The first-order chi connectivity index (χ1) is 14.4. The topological polar surface area (TPSA) is 45.5 Å². The van der Waals surface area contributed by atoms with Crippen molar-refractivity contribution >= 4 is 8.07 Å². The molecule has 5 nitrogen and oxygen atoms in total. The molecule has 0 saturated carbocycles. The Bertz CT molecular complexity index is 926. The van der Waals surface area contributed by atoms with Crippen LogP contribution < -0.4 is 9.47 Å². The normalized spacial score (nSPS) is 11.5. The van der Waals surface area contributed by atoms with Gasteiger partial charge < -0.3 is 18.8 Å². The summed E-state index contributed by atoms with van der Waals surface area (Å²) in [7, 11) is -1.11. The van der Waals surface area contributed by atoms with E-state index in [0.29, 0.717) is 24.8 Å². The van der Waals surface area contributed by atoms with Gasteiger partial charge in [0.2, 0.25) is 0 Å². The number of ether oxygens (including phenoxy) is 3. The summed E-state index contributed by atoms with van der Waals surface area (Å²) in [4.78, 5) is 4.17. The van der Waals surface area contributed by atoms with Gasteiger partial charge >= 0.3 is 0 Å². The van der Waals surface area contributed by atoms with Crippen molar-refractivity contribution in [1.29, 1.82) is 0 Å². The minimum atomic E-state index is -1.11. The minimum Gasteiger partial charge on any atom is -0.489 e. The van der Waals surface area contributed by atoms with E-state index in [-0.39, 0.29) is 6.61 Å². The first kappa shape index (κ1) is 22.1. The van der Waals surface area contributed by atoms with Crippen LogP contribution in [0.1, 0.15) is 11.3 Å². The summed E-state index contributed by atoms with van der Waals surface area (Å²) in [5.74, 6) is 0.432. The lowest BCUT2D eigenvalue weighted by molar-refractivity contribution is 0.0829. The average molecular weight is 429 g/mol. The van der Waals surface area contributed by atoms with E-state index < -0.39 is 13.9 Å². The van der Waals surface area contributed by atoms with Crippen molar-refractivity contribution in [2.45, 2.75) is 45.6 Å². The van der Waals surface area contributed by atoms with Crippen molar-refractivity contribution in [3.8, 4) is 11.5 Å². The molecule has 3 rings (SSSR count). The second kappa shape index (κ2) is 10.4. The van der Waals surface area contributed by atoms with Crippen LogP contribution in [-0.2, 0) is 24.7 Å². The van der Waals surface area contributed by atoms with Crippen LogP contribution in [0.3, 0.4) is 0 Å². The molecule has 0 atom stereocenters. The Morgan fingerprint density at radius 2 is 1.67 bits per heavy atom. The molecule has 0 spiro atoms. The van der Waals surface area contributed by atoms with E-state index in [9.17, 15) is 4.39 Å². The van der Waals surface area contributed by atoms with Crippen molar-refractivity contribution in [2.75, 3.05) is 6.61 Å². The van der Waals surface area contributed by atoms with Crippen LogP contribution in [0, 0.1) is 5.82 Å². The van der Waals surface area contributed by atoms with E-state index in [4.69, 9.17) is 14.2 Å². The maximum Gasteiger partial charge on any atom is 0.130 e. The molecule has 1 heterocycles. The fourth-order valence-corrected chi connectivity index (χ4v) is 3.48. The van der Waals surface area contributed by atoms with Crippen molar-refractivity contribution < 1.29 is 18.6 Å². The number of imidazole rings is 1. The third-order valence-corrected chi connectivity index (χ3v) is 6.21. The van der Waals surface area contributed by atoms with Crippen LogP contribution >= 0.6 is 0 Å². The van der Waals surface area contributed by atoms with Gasteiger partial charge in [-0.3, -0.25) is 0 Å². The summed E-state index contributed by atoms with van der Waals surface area (Å²) in [5, 5.41) is 0. The number of aromatic nitrogens is 2. The third-order valence-electron chi connectivity index (χ3n) is 4.51. The van der Waals surface area contributed by atoms with E-state index in [1.807, 2.05) is 34.9 Å². The molecule has 7 heteroatoms. The molecule has 0 aliphatic carbocycles. The molecule has 0 aliphatic rings. The molecule has 0 bridgehead atoms. The Morgan fingerprint density at radius 1 is 0.967 bits per heavy atom. The van der Waals surface area contributed by atoms with E-state index in [2.05, 4.69) is 24.6 Å². The monoisotopic (exact) mass is 428 g/mol. The molecule has 3 aromatic rings. The van der Waals surface area contributed by atoms with Gasteiger partial charge in [0.1, 0.15) is 37.3 Å². The zero-order valence-electron chi connectivity index (χ0n) is 17.8. The summed E-state index contributed by atoms with van der Waals surface area (Å²) in [6, 6.07) is 15.3. The van der Waals surface area contributed by atoms with Gasteiger partial charge in [0.25, 0.3) is 0 Å². The van der Waals surface area contributed by atoms with Crippen LogP contribution in [0.25, 0.3) is 0 Å². The maximum atomic E-state index is 14.0. The number of hydrogen-bond donors (Lipinski definition) is 0. The van der Waals surface area contributed by atoms with Crippen molar-refractivity contribution in [3.63, 3.8) is 0 Å². The molecule has 1 aromatic heterocycles. The zero-order valence-corrected chi connectivity index (χ0v) is 18.8. The van der Waals surface area contributed by atoms with Crippen LogP contribution in [0.2, 0.25) is 25.7 Å². The molecule has 160 valence electrons. The molecule has 0 saturated heterocycles. The number of rotatable bonds is 11. The van der Waals surface area contributed by atoms with Crippen LogP contribution in [0.5, 0.6) is 11.5 Å².